The van der Waals surface area contributed by atoms with Crippen molar-refractivity contribution in [1.29, 1.82) is 0 Å². The van der Waals surface area contributed by atoms with Gasteiger partial charge in [-0.15, -0.1) is 0 Å². The minimum atomic E-state index is -0.445. The van der Waals surface area contributed by atoms with Crippen molar-refractivity contribution in [1.82, 2.24) is 18.7 Å². The lowest BCUT2D eigenvalue weighted by Crippen LogP contribution is -2.39. The van der Waals surface area contributed by atoms with Gasteiger partial charge in [0.15, 0.2) is 11.2 Å². The molecule has 9 nitrogen and oxygen atoms in total. The Morgan fingerprint density at radius 2 is 1.97 bits per heavy atom. The summed E-state index contributed by atoms with van der Waals surface area (Å²) in [5.74, 6) is 0.318. The van der Waals surface area contributed by atoms with Crippen molar-refractivity contribution < 1.29 is 14.3 Å². The molecule has 0 unspecified atom stereocenters. The van der Waals surface area contributed by atoms with Gasteiger partial charge in [-0.25, -0.2) is 9.78 Å². The number of hydrogen-bond acceptors (Lipinski definition) is 6. The van der Waals surface area contributed by atoms with E-state index in [1.807, 2.05) is 31.2 Å². The van der Waals surface area contributed by atoms with Crippen LogP contribution in [-0.4, -0.2) is 37.9 Å². The fraction of sp³-hybridized carbons (Fsp3) is 0.400. The summed E-state index contributed by atoms with van der Waals surface area (Å²) in [6.45, 7) is 2.45. The monoisotopic (exact) mass is 400 g/mol. The summed E-state index contributed by atoms with van der Waals surface area (Å²) in [6.07, 6.45) is 1.97. The second kappa shape index (κ2) is 8.76. The highest BCUT2D eigenvalue weighted by atomic mass is 16.5. The topological polar surface area (TPSA) is 97.3 Å². The Hall–Kier alpha value is -3.36. The van der Waals surface area contributed by atoms with Crippen LogP contribution in [0.4, 0.5) is 0 Å². The molecule has 2 heterocycles. The fourth-order valence-electron chi connectivity index (χ4n) is 3.03. The number of carbonyl (C=O) groups is 1. The Kier molecular flexibility index (Phi) is 6.16. The molecule has 0 aliphatic rings. The molecule has 3 aromatic rings. The van der Waals surface area contributed by atoms with Crippen LogP contribution in [0.3, 0.4) is 0 Å². The van der Waals surface area contributed by atoms with Gasteiger partial charge in [-0.05, 0) is 31.0 Å². The molecule has 0 saturated carbocycles. The molecular formula is C20H24N4O5. The third-order valence-corrected chi connectivity index (χ3v) is 4.55. The number of benzene rings is 1. The van der Waals surface area contributed by atoms with Crippen LogP contribution in [0.1, 0.15) is 18.4 Å². The molecule has 0 spiro atoms. The minimum Gasteiger partial charge on any atom is -0.493 e. The van der Waals surface area contributed by atoms with Crippen LogP contribution in [0.25, 0.3) is 11.2 Å². The number of aryl methyl sites for hydroxylation is 3. The maximum atomic E-state index is 12.6. The summed E-state index contributed by atoms with van der Waals surface area (Å²) in [6, 6.07) is 7.57. The standard InChI is InChI=1S/C20H24N4O5/c1-14-6-4-7-15(12-14)28-11-8-16(25)29-10-5-9-24-19(26)17-18(21-13-22(17)2)23(3)20(24)27/h4,6-7,12-13H,5,8-11H2,1-3H3. The van der Waals surface area contributed by atoms with Gasteiger partial charge in [0.25, 0.3) is 5.56 Å². The van der Waals surface area contributed by atoms with Crippen molar-refractivity contribution >= 4 is 17.1 Å². The number of esters is 1. The Morgan fingerprint density at radius 1 is 1.17 bits per heavy atom. The number of imidazole rings is 1. The van der Waals surface area contributed by atoms with Crippen LogP contribution >= 0.6 is 0 Å². The minimum absolute atomic E-state index is 0.113. The summed E-state index contributed by atoms with van der Waals surface area (Å²) in [7, 11) is 3.27. The van der Waals surface area contributed by atoms with Crippen molar-refractivity contribution in [3.05, 3.63) is 57.0 Å². The lowest BCUT2D eigenvalue weighted by molar-refractivity contribution is -0.144. The molecular weight excluding hydrogens is 376 g/mol. The molecule has 0 bridgehead atoms. The van der Waals surface area contributed by atoms with Gasteiger partial charge in [-0.3, -0.25) is 18.7 Å². The first-order valence-corrected chi connectivity index (χ1v) is 9.34. The van der Waals surface area contributed by atoms with E-state index < -0.39 is 11.2 Å². The van der Waals surface area contributed by atoms with Gasteiger partial charge in [0.2, 0.25) is 0 Å². The average Bonchev–Trinajstić information content (AvgIpc) is 3.07. The molecule has 0 fully saturated rings. The van der Waals surface area contributed by atoms with Crippen molar-refractivity contribution in [3.8, 4) is 5.75 Å². The Morgan fingerprint density at radius 3 is 2.72 bits per heavy atom. The van der Waals surface area contributed by atoms with Gasteiger partial charge < -0.3 is 14.0 Å². The van der Waals surface area contributed by atoms with Crippen LogP contribution < -0.4 is 16.0 Å². The van der Waals surface area contributed by atoms with E-state index in [4.69, 9.17) is 9.47 Å². The highest BCUT2D eigenvalue weighted by Gasteiger charge is 2.14. The number of nitrogens with zero attached hydrogens (tertiary/aromatic N) is 4. The third-order valence-electron chi connectivity index (χ3n) is 4.55. The quantitative estimate of drug-likeness (QED) is 0.416. The van der Waals surface area contributed by atoms with E-state index in [2.05, 4.69) is 4.98 Å². The molecule has 154 valence electrons. The van der Waals surface area contributed by atoms with Gasteiger partial charge in [-0.1, -0.05) is 12.1 Å². The first-order valence-electron chi connectivity index (χ1n) is 9.34. The van der Waals surface area contributed by atoms with Crippen molar-refractivity contribution in [2.45, 2.75) is 26.3 Å². The number of aromatic nitrogens is 4. The van der Waals surface area contributed by atoms with Gasteiger partial charge in [0, 0.05) is 20.6 Å². The van der Waals surface area contributed by atoms with Crippen molar-refractivity contribution in [3.63, 3.8) is 0 Å². The Balaban J connectivity index is 1.49. The number of fused-ring (bicyclic) bond motifs is 1. The van der Waals surface area contributed by atoms with Crippen LogP contribution in [0.2, 0.25) is 0 Å². The van der Waals surface area contributed by atoms with E-state index >= 15 is 0 Å². The summed E-state index contributed by atoms with van der Waals surface area (Å²) in [5.41, 5.74) is 0.937. The van der Waals surface area contributed by atoms with Crippen LogP contribution in [-0.2, 0) is 30.2 Å². The van der Waals surface area contributed by atoms with E-state index in [1.165, 1.54) is 10.9 Å². The first kappa shape index (κ1) is 20.4. The zero-order valence-electron chi connectivity index (χ0n) is 16.8. The van der Waals surface area contributed by atoms with E-state index in [0.717, 1.165) is 10.1 Å². The lowest BCUT2D eigenvalue weighted by Gasteiger charge is -2.09. The zero-order chi connectivity index (χ0) is 21.0. The molecule has 2 aromatic heterocycles. The van der Waals surface area contributed by atoms with Gasteiger partial charge in [0.1, 0.15) is 5.75 Å². The summed E-state index contributed by atoms with van der Waals surface area (Å²) in [5, 5.41) is 0. The molecule has 0 aliphatic carbocycles. The highest BCUT2D eigenvalue weighted by molar-refractivity contribution is 5.70. The molecule has 9 heteroatoms. The smallest absolute Gasteiger partial charge is 0.332 e. The third kappa shape index (κ3) is 4.56. The van der Waals surface area contributed by atoms with Crippen LogP contribution in [0.5, 0.6) is 5.75 Å². The normalized spacial score (nSPS) is 11.0. The Labute approximate surface area is 167 Å². The predicted molar refractivity (Wildman–Crippen MR) is 107 cm³/mol. The second-order valence-electron chi connectivity index (χ2n) is 6.82. The van der Waals surface area contributed by atoms with Gasteiger partial charge in [-0.2, -0.15) is 0 Å². The lowest BCUT2D eigenvalue weighted by atomic mass is 10.2. The fourth-order valence-corrected chi connectivity index (χ4v) is 3.03. The number of rotatable bonds is 8. The number of hydrogen-bond donors (Lipinski definition) is 0. The molecule has 1 aromatic carbocycles. The predicted octanol–water partition coefficient (Wildman–Crippen LogP) is 1.14. The maximum absolute atomic E-state index is 12.6. The molecule has 0 amide bonds. The van der Waals surface area contributed by atoms with Crippen LogP contribution in [0, 0.1) is 6.92 Å². The SMILES string of the molecule is Cc1cccc(OCCC(=O)OCCCn2c(=O)c3c(ncn3C)n(C)c2=O)c1. The summed E-state index contributed by atoms with van der Waals surface area (Å²) in [4.78, 5) is 40.9. The first-order chi connectivity index (χ1) is 13.9. The molecule has 3 rings (SSSR count). The van der Waals surface area contributed by atoms with Gasteiger partial charge in [0.05, 0.1) is 26.0 Å². The van der Waals surface area contributed by atoms with E-state index in [1.54, 1.807) is 18.7 Å². The number of ether oxygens (including phenoxy) is 2. The second-order valence-corrected chi connectivity index (χ2v) is 6.82. The largest absolute Gasteiger partial charge is 0.493 e. The van der Waals surface area contributed by atoms with Crippen LogP contribution in [0.15, 0.2) is 40.2 Å². The number of carbonyl (C=O) groups excluding carboxylic acids is 1. The summed E-state index contributed by atoms with van der Waals surface area (Å²) < 4.78 is 14.8. The van der Waals surface area contributed by atoms with E-state index in [-0.39, 0.29) is 32.1 Å². The molecule has 0 atom stereocenters. The van der Waals surface area contributed by atoms with E-state index in [0.29, 0.717) is 23.3 Å². The molecule has 29 heavy (non-hydrogen) atoms. The molecule has 0 radical (unpaired) electrons. The highest BCUT2D eigenvalue weighted by Crippen LogP contribution is 2.12. The molecule has 0 aliphatic heterocycles. The molecule has 0 saturated heterocycles. The van der Waals surface area contributed by atoms with Crippen molar-refractivity contribution in [2.75, 3.05) is 13.2 Å². The summed E-state index contributed by atoms with van der Waals surface area (Å²) >= 11 is 0. The van der Waals surface area contributed by atoms with E-state index in [9.17, 15) is 14.4 Å². The average molecular weight is 400 g/mol. The zero-order valence-corrected chi connectivity index (χ0v) is 16.8. The van der Waals surface area contributed by atoms with Gasteiger partial charge >= 0.3 is 11.7 Å². The maximum Gasteiger partial charge on any atom is 0.332 e. The van der Waals surface area contributed by atoms with Crippen molar-refractivity contribution in [2.24, 2.45) is 14.1 Å². The Bertz CT molecular complexity index is 1140. The molecule has 0 N–H and O–H groups in total.